The zero-order chi connectivity index (χ0) is 18.1. The minimum atomic E-state index is -0.312. The van der Waals surface area contributed by atoms with Crippen molar-refractivity contribution in [2.24, 2.45) is 0 Å². The Morgan fingerprint density at radius 3 is 2.73 bits per heavy atom. The number of hydrogen-bond acceptors (Lipinski definition) is 8. The van der Waals surface area contributed by atoms with Crippen molar-refractivity contribution in [3.05, 3.63) is 52.3 Å². The zero-order valence-electron chi connectivity index (χ0n) is 14.3. The Kier molecular flexibility index (Phi) is 4.21. The normalized spacial score (nSPS) is 15.5. The lowest BCUT2D eigenvalue weighted by Crippen LogP contribution is -2.46. The first kappa shape index (κ1) is 16.4. The topological polar surface area (TPSA) is 101 Å². The number of rotatable bonds is 4. The summed E-state index contributed by atoms with van der Waals surface area (Å²) in [7, 11) is 0. The van der Waals surface area contributed by atoms with Gasteiger partial charge in [-0.2, -0.15) is 4.98 Å². The largest absolute Gasteiger partial charge is 0.363 e. The third kappa shape index (κ3) is 3.08. The van der Waals surface area contributed by atoms with Crippen LogP contribution in [-0.2, 0) is 6.54 Å². The second-order valence-corrected chi connectivity index (χ2v) is 6.25. The molecule has 9 nitrogen and oxygen atoms in total. The summed E-state index contributed by atoms with van der Waals surface area (Å²) >= 11 is 0. The van der Waals surface area contributed by atoms with Crippen molar-refractivity contribution in [2.45, 2.75) is 13.5 Å². The molecule has 4 rings (SSSR count). The summed E-state index contributed by atoms with van der Waals surface area (Å²) in [5.41, 5.74) is 1.40. The standard InChI is InChI=1S/C17H18N6O3/c1-12-19-16(20-26-12)11-21-7-9-22(10-8-21)15-5-4-14-13(3-2-6-18-14)17(15)23(24)25/h2-6H,7-11H2,1H3. The predicted molar refractivity (Wildman–Crippen MR) is 94.9 cm³/mol. The fourth-order valence-electron chi connectivity index (χ4n) is 3.32. The summed E-state index contributed by atoms with van der Waals surface area (Å²) in [4.78, 5) is 24.1. The SMILES string of the molecule is Cc1nc(CN2CCN(c3ccc4ncccc4c3[N+](=O)[O-])CC2)no1. The van der Waals surface area contributed by atoms with Crippen LogP contribution < -0.4 is 4.90 Å². The monoisotopic (exact) mass is 354 g/mol. The van der Waals surface area contributed by atoms with Crippen LogP contribution in [-0.4, -0.2) is 51.1 Å². The number of benzene rings is 1. The highest BCUT2D eigenvalue weighted by atomic mass is 16.6. The summed E-state index contributed by atoms with van der Waals surface area (Å²) in [6.45, 7) is 5.33. The van der Waals surface area contributed by atoms with E-state index < -0.39 is 0 Å². The molecular formula is C17H18N6O3. The van der Waals surface area contributed by atoms with Gasteiger partial charge in [-0.15, -0.1) is 0 Å². The molecule has 0 bridgehead atoms. The van der Waals surface area contributed by atoms with E-state index in [1.165, 1.54) is 0 Å². The smallest absolute Gasteiger partial charge is 0.301 e. The molecule has 0 amide bonds. The number of pyridine rings is 1. The second kappa shape index (κ2) is 6.68. The molecule has 0 aliphatic carbocycles. The highest BCUT2D eigenvalue weighted by Crippen LogP contribution is 2.35. The van der Waals surface area contributed by atoms with Gasteiger partial charge in [0.15, 0.2) is 5.82 Å². The van der Waals surface area contributed by atoms with Gasteiger partial charge in [-0.3, -0.25) is 20.0 Å². The number of fused-ring (bicyclic) bond motifs is 1. The summed E-state index contributed by atoms with van der Waals surface area (Å²) in [5.74, 6) is 1.22. The van der Waals surface area contributed by atoms with Crippen molar-refractivity contribution in [3.8, 4) is 0 Å². The van der Waals surface area contributed by atoms with Crippen LogP contribution in [0.3, 0.4) is 0 Å². The molecule has 134 valence electrons. The number of aryl methyl sites for hydroxylation is 1. The van der Waals surface area contributed by atoms with Gasteiger partial charge in [-0.05, 0) is 24.3 Å². The molecule has 0 atom stereocenters. The van der Waals surface area contributed by atoms with E-state index in [0.29, 0.717) is 47.9 Å². The van der Waals surface area contributed by atoms with E-state index in [-0.39, 0.29) is 10.6 Å². The van der Waals surface area contributed by atoms with Gasteiger partial charge in [0.2, 0.25) is 5.89 Å². The Hall–Kier alpha value is -3.07. The Morgan fingerprint density at radius 2 is 2.04 bits per heavy atom. The van der Waals surface area contributed by atoms with Crippen molar-refractivity contribution in [2.75, 3.05) is 31.1 Å². The first-order valence-corrected chi connectivity index (χ1v) is 8.40. The number of nitro groups is 1. The molecule has 1 aliphatic rings. The minimum absolute atomic E-state index is 0.123. The summed E-state index contributed by atoms with van der Waals surface area (Å²) < 4.78 is 5.00. The number of aromatic nitrogens is 3. The third-order valence-corrected chi connectivity index (χ3v) is 4.57. The molecular weight excluding hydrogens is 336 g/mol. The number of piperazine rings is 1. The Labute approximate surface area is 149 Å². The van der Waals surface area contributed by atoms with Crippen molar-refractivity contribution in [1.82, 2.24) is 20.0 Å². The summed E-state index contributed by atoms with van der Waals surface area (Å²) in [6, 6.07) is 7.11. The molecule has 1 saturated heterocycles. The predicted octanol–water partition coefficient (Wildman–Crippen LogP) is 2.16. The van der Waals surface area contributed by atoms with E-state index in [0.717, 1.165) is 13.1 Å². The fourth-order valence-corrected chi connectivity index (χ4v) is 3.32. The van der Waals surface area contributed by atoms with Crippen LogP contribution in [0.15, 0.2) is 35.0 Å². The maximum atomic E-state index is 11.7. The maximum absolute atomic E-state index is 11.7. The lowest BCUT2D eigenvalue weighted by Gasteiger charge is -2.35. The molecule has 2 aromatic heterocycles. The Balaban J connectivity index is 1.54. The molecule has 0 unspecified atom stereocenters. The number of hydrogen-bond donors (Lipinski definition) is 0. The van der Waals surface area contributed by atoms with E-state index >= 15 is 0 Å². The van der Waals surface area contributed by atoms with Gasteiger partial charge in [0.25, 0.3) is 0 Å². The number of anilines is 1. The average molecular weight is 354 g/mol. The highest BCUT2D eigenvalue weighted by Gasteiger charge is 2.26. The molecule has 0 radical (unpaired) electrons. The third-order valence-electron chi connectivity index (χ3n) is 4.57. The molecule has 1 aromatic carbocycles. The van der Waals surface area contributed by atoms with Crippen molar-refractivity contribution >= 4 is 22.3 Å². The minimum Gasteiger partial charge on any atom is -0.363 e. The molecule has 3 aromatic rings. The molecule has 0 saturated carbocycles. The number of nitrogens with zero attached hydrogens (tertiary/aromatic N) is 6. The first-order chi connectivity index (χ1) is 12.6. The molecule has 0 spiro atoms. The molecule has 1 fully saturated rings. The van der Waals surface area contributed by atoms with Crippen LogP contribution in [0.4, 0.5) is 11.4 Å². The van der Waals surface area contributed by atoms with Crippen molar-refractivity contribution in [3.63, 3.8) is 0 Å². The van der Waals surface area contributed by atoms with Crippen LogP contribution in [0.2, 0.25) is 0 Å². The Bertz CT molecular complexity index is 949. The van der Waals surface area contributed by atoms with Crippen molar-refractivity contribution in [1.29, 1.82) is 0 Å². The van der Waals surface area contributed by atoms with Crippen LogP contribution in [0.5, 0.6) is 0 Å². The van der Waals surface area contributed by atoms with E-state index in [9.17, 15) is 10.1 Å². The molecule has 1 aliphatic heterocycles. The summed E-state index contributed by atoms with van der Waals surface area (Å²) in [6.07, 6.45) is 1.64. The van der Waals surface area contributed by atoms with Crippen LogP contribution in [0.25, 0.3) is 10.9 Å². The van der Waals surface area contributed by atoms with Crippen LogP contribution >= 0.6 is 0 Å². The molecule has 3 heterocycles. The molecule has 26 heavy (non-hydrogen) atoms. The fraction of sp³-hybridized carbons (Fsp3) is 0.353. The van der Waals surface area contributed by atoms with Gasteiger partial charge in [-0.1, -0.05) is 5.16 Å². The highest BCUT2D eigenvalue weighted by molar-refractivity contribution is 5.94. The summed E-state index contributed by atoms with van der Waals surface area (Å²) in [5, 5.41) is 16.2. The lowest BCUT2D eigenvalue weighted by molar-refractivity contribution is -0.382. The number of nitro benzene ring substituents is 1. The van der Waals surface area contributed by atoms with Gasteiger partial charge in [0.1, 0.15) is 5.69 Å². The van der Waals surface area contributed by atoms with E-state index in [4.69, 9.17) is 4.52 Å². The van der Waals surface area contributed by atoms with E-state index in [2.05, 4.69) is 24.9 Å². The Morgan fingerprint density at radius 1 is 1.23 bits per heavy atom. The van der Waals surface area contributed by atoms with Crippen LogP contribution in [0, 0.1) is 17.0 Å². The maximum Gasteiger partial charge on any atom is 0.301 e. The van der Waals surface area contributed by atoms with Crippen molar-refractivity contribution < 1.29 is 9.45 Å². The van der Waals surface area contributed by atoms with E-state index in [1.807, 2.05) is 6.07 Å². The zero-order valence-corrected chi connectivity index (χ0v) is 14.3. The first-order valence-electron chi connectivity index (χ1n) is 8.40. The van der Waals surface area contributed by atoms with Crippen LogP contribution in [0.1, 0.15) is 11.7 Å². The van der Waals surface area contributed by atoms with Gasteiger partial charge in [-0.25, -0.2) is 0 Å². The molecule has 9 heteroatoms. The average Bonchev–Trinajstić information content (AvgIpc) is 3.06. The quantitative estimate of drug-likeness (QED) is 0.519. The van der Waals surface area contributed by atoms with Gasteiger partial charge in [0, 0.05) is 39.3 Å². The second-order valence-electron chi connectivity index (χ2n) is 6.25. The lowest BCUT2D eigenvalue weighted by atomic mass is 10.1. The van der Waals surface area contributed by atoms with E-state index in [1.54, 1.807) is 31.3 Å². The van der Waals surface area contributed by atoms with Gasteiger partial charge in [0.05, 0.1) is 22.4 Å². The van der Waals surface area contributed by atoms with Gasteiger partial charge >= 0.3 is 5.69 Å². The molecule has 0 N–H and O–H groups in total. The van der Waals surface area contributed by atoms with Gasteiger partial charge < -0.3 is 9.42 Å².